The number of H-pyrrole nitrogens is 1. The number of nitrogens with one attached hydrogen (secondary N) is 2. The lowest BCUT2D eigenvalue weighted by atomic mass is 9.87. The first-order valence-electron chi connectivity index (χ1n) is 7.19. The molecule has 6 nitrogen and oxygen atoms in total. The van der Waals surface area contributed by atoms with E-state index in [-0.39, 0.29) is 0 Å². The molecule has 0 radical (unpaired) electrons. The van der Waals surface area contributed by atoms with Gasteiger partial charge in [-0.05, 0) is 42.9 Å². The van der Waals surface area contributed by atoms with Crippen molar-refractivity contribution in [1.29, 1.82) is 0 Å². The SMILES string of the molecule is COc1cc(-c2c[nH]cn2)c(NS(C)(=O)=O)c2c1CCCC2. The predicted octanol–water partition coefficient (Wildman–Crippen LogP) is 2.34. The lowest BCUT2D eigenvalue weighted by Gasteiger charge is -2.24. The van der Waals surface area contributed by atoms with Crippen molar-refractivity contribution in [1.82, 2.24) is 9.97 Å². The van der Waals surface area contributed by atoms with E-state index in [9.17, 15) is 8.42 Å². The Balaban J connectivity index is 2.27. The van der Waals surface area contributed by atoms with Crippen LogP contribution in [0.1, 0.15) is 24.0 Å². The van der Waals surface area contributed by atoms with Gasteiger partial charge in [-0.3, -0.25) is 4.72 Å². The Morgan fingerprint density at radius 3 is 2.59 bits per heavy atom. The smallest absolute Gasteiger partial charge is 0.229 e. The maximum absolute atomic E-state index is 11.8. The molecule has 2 N–H and O–H groups in total. The summed E-state index contributed by atoms with van der Waals surface area (Å²) in [6.07, 6.45) is 8.35. The summed E-state index contributed by atoms with van der Waals surface area (Å²) in [5.41, 5.74) is 4.18. The van der Waals surface area contributed by atoms with Gasteiger partial charge in [0.25, 0.3) is 0 Å². The van der Waals surface area contributed by atoms with Crippen LogP contribution in [-0.4, -0.2) is 31.8 Å². The molecule has 22 heavy (non-hydrogen) atoms. The van der Waals surface area contributed by atoms with Crippen molar-refractivity contribution in [3.05, 3.63) is 29.7 Å². The van der Waals surface area contributed by atoms with Crippen LogP contribution < -0.4 is 9.46 Å². The number of aromatic amines is 1. The van der Waals surface area contributed by atoms with Crippen molar-refractivity contribution >= 4 is 15.7 Å². The highest BCUT2D eigenvalue weighted by Crippen LogP contribution is 2.41. The first-order chi connectivity index (χ1) is 10.5. The van der Waals surface area contributed by atoms with E-state index in [0.29, 0.717) is 11.4 Å². The maximum Gasteiger partial charge on any atom is 0.229 e. The molecule has 0 saturated heterocycles. The molecule has 0 unspecified atom stereocenters. The molecule has 1 aromatic heterocycles. The molecule has 0 atom stereocenters. The largest absolute Gasteiger partial charge is 0.496 e. The van der Waals surface area contributed by atoms with Gasteiger partial charge in [0.05, 0.1) is 31.1 Å². The topological polar surface area (TPSA) is 84.1 Å². The molecule has 0 aliphatic heterocycles. The third-order valence-electron chi connectivity index (χ3n) is 3.89. The molecule has 1 aliphatic rings. The Morgan fingerprint density at radius 2 is 2.00 bits per heavy atom. The molecule has 1 aliphatic carbocycles. The van der Waals surface area contributed by atoms with Gasteiger partial charge >= 0.3 is 0 Å². The van der Waals surface area contributed by atoms with Gasteiger partial charge in [-0.25, -0.2) is 13.4 Å². The van der Waals surface area contributed by atoms with Gasteiger partial charge < -0.3 is 9.72 Å². The normalized spacial score (nSPS) is 14.5. The highest BCUT2D eigenvalue weighted by atomic mass is 32.2. The fraction of sp³-hybridized carbons (Fsp3) is 0.400. The van der Waals surface area contributed by atoms with Crippen LogP contribution in [0.3, 0.4) is 0 Å². The predicted molar refractivity (Wildman–Crippen MR) is 85.7 cm³/mol. The molecular formula is C15H19N3O3S. The average molecular weight is 321 g/mol. The van der Waals surface area contributed by atoms with Crippen molar-refractivity contribution in [3.8, 4) is 17.0 Å². The highest BCUT2D eigenvalue weighted by Gasteiger charge is 2.24. The van der Waals surface area contributed by atoms with Gasteiger partial charge in [-0.1, -0.05) is 0 Å². The Morgan fingerprint density at radius 1 is 1.27 bits per heavy atom. The number of hydrogen-bond donors (Lipinski definition) is 2. The molecular weight excluding hydrogens is 302 g/mol. The summed E-state index contributed by atoms with van der Waals surface area (Å²) in [5.74, 6) is 0.798. The summed E-state index contributed by atoms with van der Waals surface area (Å²) in [6, 6.07) is 1.87. The third kappa shape index (κ3) is 2.81. The molecule has 0 bridgehead atoms. The molecule has 1 aromatic carbocycles. The van der Waals surface area contributed by atoms with Crippen molar-refractivity contribution in [2.24, 2.45) is 0 Å². The third-order valence-corrected chi connectivity index (χ3v) is 4.47. The number of methoxy groups -OCH3 is 1. The van der Waals surface area contributed by atoms with Crippen LogP contribution in [0.2, 0.25) is 0 Å². The number of rotatable bonds is 4. The van der Waals surface area contributed by atoms with E-state index in [0.717, 1.165) is 48.1 Å². The van der Waals surface area contributed by atoms with Crippen LogP contribution in [0.15, 0.2) is 18.6 Å². The van der Waals surface area contributed by atoms with Crippen LogP contribution in [0, 0.1) is 0 Å². The zero-order chi connectivity index (χ0) is 15.7. The number of imidazole rings is 1. The number of hydrogen-bond acceptors (Lipinski definition) is 4. The molecule has 2 aromatic rings. The Hall–Kier alpha value is -2.02. The molecule has 118 valence electrons. The van der Waals surface area contributed by atoms with E-state index in [2.05, 4.69) is 14.7 Å². The van der Waals surface area contributed by atoms with E-state index in [1.807, 2.05) is 6.07 Å². The number of aromatic nitrogens is 2. The molecule has 0 amide bonds. The highest BCUT2D eigenvalue weighted by molar-refractivity contribution is 7.92. The van der Waals surface area contributed by atoms with Crippen LogP contribution in [-0.2, 0) is 22.9 Å². The number of fused-ring (bicyclic) bond motifs is 1. The Kier molecular flexibility index (Phi) is 3.82. The lowest BCUT2D eigenvalue weighted by molar-refractivity contribution is 0.406. The van der Waals surface area contributed by atoms with E-state index in [4.69, 9.17) is 4.74 Å². The summed E-state index contributed by atoms with van der Waals surface area (Å²) < 4.78 is 31.8. The minimum Gasteiger partial charge on any atom is -0.496 e. The van der Waals surface area contributed by atoms with Crippen LogP contribution in [0.5, 0.6) is 5.75 Å². The van der Waals surface area contributed by atoms with E-state index >= 15 is 0 Å². The monoisotopic (exact) mass is 321 g/mol. The first kappa shape index (κ1) is 14.9. The summed E-state index contributed by atoms with van der Waals surface area (Å²) in [6.45, 7) is 0. The Bertz CT molecular complexity index is 783. The van der Waals surface area contributed by atoms with Crippen molar-refractivity contribution in [3.63, 3.8) is 0 Å². The van der Waals surface area contributed by atoms with Crippen molar-refractivity contribution < 1.29 is 13.2 Å². The number of ether oxygens (including phenoxy) is 1. The second kappa shape index (κ2) is 5.64. The van der Waals surface area contributed by atoms with Crippen molar-refractivity contribution in [2.45, 2.75) is 25.7 Å². The summed E-state index contributed by atoms with van der Waals surface area (Å²) in [7, 11) is -1.73. The average Bonchev–Trinajstić information content (AvgIpc) is 3.00. The molecule has 0 saturated carbocycles. The fourth-order valence-corrected chi connectivity index (χ4v) is 3.60. The summed E-state index contributed by atoms with van der Waals surface area (Å²) >= 11 is 0. The van der Waals surface area contributed by atoms with Crippen molar-refractivity contribution in [2.75, 3.05) is 18.1 Å². The molecule has 3 rings (SSSR count). The van der Waals surface area contributed by atoms with Crippen LogP contribution in [0.25, 0.3) is 11.3 Å². The number of anilines is 1. The van der Waals surface area contributed by atoms with E-state index in [1.165, 1.54) is 6.26 Å². The standard InChI is InChI=1S/C15H19N3O3S/c1-21-14-7-12(13-8-16-9-17-13)15(18-22(2,19)20)11-6-4-3-5-10(11)14/h7-9,18H,3-6H2,1-2H3,(H,16,17). The van der Waals surface area contributed by atoms with Gasteiger partial charge in [-0.2, -0.15) is 0 Å². The molecule has 7 heteroatoms. The van der Waals surface area contributed by atoms with E-state index in [1.54, 1.807) is 19.6 Å². The van der Waals surface area contributed by atoms with Gasteiger partial charge in [-0.15, -0.1) is 0 Å². The molecule has 0 fully saturated rings. The Labute approximate surface area is 130 Å². The van der Waals surface area contributed by atoms with Crippen LogP contribution >= 0.6 is 0 Å². The van der Waals surface area contributed by atoms with Crippen LogP contribution in [0.4, 0.5) is 5.69 Å². The lowest BCUT2D eigenvalue weighted by Crippen LogP contribution is -2.16. The number of nitrogens with zero attached hydrogens (tertiary/aromatic N) is 1. The van der Waals surface area contributed by atoms with Gasteiger partial charge in [0, 0.05) is 11.8 Å². The number of benzene rings is 1. The zero-order valence-corrected chi connectivity index (χ0v) is 13.5. The molecule has 1 heterocycles. The quantitative estimate of drug-likeness (QED) is 0.905. The summed E-state index contributed by atoms with van der Waals surface area (Å²) in [5, 5.41) is 0. The fourth-order valence-electron chi connectivity index (χ4n) is 3.00. The minimum atomic E-state index is -3.37. The van der Waals surface area contributed by atoms with Gasteiger partial charge in [0.2, 0.25) is 10.0 Å². The summed E-state index contributed by atoms with van der Waals surface area (Å²) in [4.78, 5) is 7.16. The number of sulfonamides is 1. The minimum absolute atomic E-state index is 0.630. The second-order valence-electron chi connectivity index (χ2n) is 5.49. The van der Waals surface area contributed by atoms with E-state index < -0.39 is 10.0 Å². The maximum atomic E-state index is 11.8. The van der Waals surface area contributed by atoms with Gasteiger partial charge in [0.1, 0.15) is 5.75 Å². The van der Waals surface area contributed by atoms with Gasteiger partial charge in [0.15, 0.2) is 0 Å². The second-order valence-corrected chi connectivity index (χ2v) is 7.24. The first-order valence-corrected chi connectivity index (χ1v) is 9.08. The molecule has 0 spiro atoms. The zero-order valence-electron chi connectivity index (χ0n) is 12.6.